The van der Waals surface area contributed by atoms with Crippen LogP contribution in [0.4, 0.5) is 5.69 Å². The molecule has 0 atom stereocenters. The number of hydrogen-bond acceptors (Lipinski definition) is 3. The number of amides is 1. The summed E-state index contributed by atoms with van der Waals surface area (Å²) in [6.45, 7) is 5.19. The third kappa shape index (κ3) is 4.52. The number of rotatable bonds is 6. The van der Waals surface area contributed by atoms with Gasteiger partial charge in [0.05, 0.1) is 12.3 Å². The van der Waals surface area contributed by atoms with E-state index in [4.69, 9.17) is 10.5 Å². The second-order valence-corrected chi connectivity index (χ2v) is 5.63. The van der Waals surface area contributed by atoms with Crippen molar-refractivity contribution in [2.45, 2.75) is 20.4 Å². The fourth-order valence-electron chi connectivity index (χ4n) is 1.94. The summed E-state index contributed by atoms with van der Waals surface area (Å²) in [6.07, 6.45) is 0. The van der Waals surface area contributed by atoms with E-state index in [0.717, 1.165) is 5.56 Å². The zero-order chi connectivity index (χ0) is 15.9. The van der Waals surface area contributed by atoms with Gasteiger partial charge in [0.25, 0.3) is 5.91 Å². The fourth-order valence-corrected chi connectivity index (χ4v) is 1.94. The number of hydrogen-bond donors (Lipinski definition) is 2. The van der Waals surface area contributed by atoms with Gasteiger partial charge in [-0.25, -0.2) is 0 Å². The van der Waals surface area contributed by atoms with Crippen LogP contribution in [-0.4, -0.2) is 12.5 Å². The smallest absolute Gasteiger partial charge is 0.251 e. The van der Waals surface area contributed by atoms with Crippen molar-refractivity contribution in [1.82, 2.24) is 5.32 Å². The summed E-state index contributed by atoms with van der Waals surface area (Å²) in [5, 5.41) is 2.89. The summed E-state index contributed by atoms with van der Waals surface area (Å²) in [4.78, 5) is 12.2. The predicted molar refractivity (Wildman–Crippen MR) is 88.8 cm³/mol. The third-order valence-corrected chi connectivity index (χ3v) is 3.14. The van der Waals surface area contributed by atoms with E-state index in [1.807, 2.05) is 30.3 Å². The second kappa shape index (κ2) is 7.50. The van der Waals surface area contributed by atoms with Crippen molar-refractivity contribution in [2.75, 3.05) is 12.3 Å². The van der Waals surface area contributed by atoms with E-state index < -0.39 is 0 Å². The maximum atomic E-state index is 12.2. The number of nitrogens with one attached hydrogen (secondary N) is 1. The largest absolute Gasteiger partial charge is 0.491 e. The van der Waals surface area contributed by atoms with E-state index in [0.29, 0.717) is 36.1 Å². The molecule has 0 aromatic heterocycles. The molecule has 0 aliphatic rings. The molecule has 22 heavy (non-hydrogen) atoms. The second-order valence-electron chi connectivity index (χ2n) is 5.63. The molecular formula is C18H22N2O2. The van der Waals surface area contributed by atoms with Gasteiger partial charge in [-0.05, 0) is 29.7 Å². The van der Waals surface area contributed by atoms with Gasteiger partial charge < -0.3 is 15.8 Å². The van der Waals surface area contributed by atoms with Gasteiger partial charge in [0.15, 0.2) is 0 Å². The first-order chi connectivity index (χ1) is 10.6. The van der Waals surface area contributed by atoms with Gasteiger partial charge in [0.2, 0.25) is 0 Å². The molecule has 2 aromatic carbocycles. The van der Waals surface area contributed by atoms with Crippen LogP contribution in [0.5, 0.6) is 5.75 Å². The molecule has 116 valence electrons. The first-order valence-electron chi connectivity index (χ1n) is 7.40. The third-order valence-electron chi connectivity index (χ3n) is 3.14. The highest BCUT2D eigenvalue weighted by atomic mass is 16.5. The number of nitrogen functional groups attached to an aromatic ring is 1. The molecule has 4 heteroatoms. The average Bonchev–Trinajstić information content (AvgIpc) is 2.52. The molecule has 4 nitrogen and oxygen atoms in total. The molecule has 0 aliphatic heterocycles. The molecule has 1 amide bonds. The Hall–Kier alpha value is -2.49. The normalized spacial score (nSPS) is 10.5. The summed E-state index contributed by atoms with van der Waals surface area (Å²) >= 11 is 0. The highest BCUT2D eigenvalue weighted by molar-refractivity contribution is 5.95. The lowest BCUT2D eigenvalue weighted by Crippen LogP contribution is -2.22. The van der Waals surface area contributed by atoms with Crippen molar-refractivity contribution in [1.29, 1.82) is 0 Å². The average molecular weight is 298 g/mol. The predicted octanol–water partition coefficient (Wildman–Crippen LogP) is 3.23. The van der Waals surface area contributed by atoms with Crippen molar-refractivity contribution in [3.63, 3.8) is 0 Å². The summed E-state index contributed by atoms with van der Waals surface area (Å²) in [7, 11) is 0. The lowest BCUT2D eigenvalue weighted by Gasteiger charge is -2.12. The van der Waals surface area contributed by atoms with Crippen LogP contribution in [0.2, 0.25) is 0 Å². The van der Waals surface area contributed by atoms with Crippen molar-refractivity contribution < 1.29 is 9.53 Å². The Labute approximate surface area is 131 Å². The molecule has 2 aromatic rings. The van der Waals surface area contributed by atoms with Crippen LogP contribution >= 0.6 is 0 Å². The van der Waals surface area contributed by atoms with Crippen LogP contribution in [0.1, 0.15) is 29.8 Å². The van der Waals surface area contributed by atoms with Crippen LogP contribution in [0.25, 0.3) is 0 Å². The van der Waals surface area contributed by atoms with Crippen LogP contribution in [0.3, 0.4) is 0 Å². The molecule has 3 N–H and O–H groups in total. The number of ether oxygens (including phenoxy) is 1. The molecule has 0 radical (unpaired) electrons. The summed E-state index contributed by atoms with van der Waals surface area (Å²) in [5.41, 5.74) is 8.03. The van der Waals surface area contributed by atoms with Gasteiger partial charge in [-0.15, -0.1) is 0 Å². The van der Waals surface area contributed by atoms with Crippen molar-refractivity contribution in [3.05, 3.63) is 59.7 Å². The Morgan fingerprint density at radius 1 is 1.18 bits per heavy atom. The molecule has 0 spiro atoms. The quantitative estimate of drug-likeness (QED) is 0.805. The Bertz CT molecular complexity index is 624. The molecule has 0 fully saturated rings. The topological polar surface area (TPSA) is 64.3 Å². The SMILES string of the molecule is CC(C)COc1cc(C(=O)NCc2ccccc2)ccc1N. The number of carbonyl (C=O) groups excluding carboxylic acids is 1. The molecule has 0 heterocycles. The molecule has 0 bridgehead atoms. The standard InChI is InChI=1S/C18H22N2O2/c1-13(2)12-22-17-10-15(8-9-16(17)19)18(21)20-11-14-6-4-3-5-7-14/h3-10,13H,11-12,19H2,1-2H3,(H,20,21). The number of benzene rings is 2. The maximum Gasteiger partial charge on any atom is 0.251 e. The minimum Gasteiger partial charge on any atom is -0.491 e. The van der Waals surface area contributed by atoms with E-state index in [1.54, 1.807) is 18.2 Å². The van der Waals surface area contributed by atoms with E-state index in [-0.39, 0.29) is 5.91 Å². The van der Waals surface area contributed by atoms with Crippen LogP contribution < -0.4 is 15.8 Å². The molecule has 0 saturated heterocycles. The van der Waals surface area contributed by atoms with Crippen LogP contribution in [0.15, 0.2) is 48.5 Å². The van der Waals surface area contributed by atoms with E-state index in [9.17, 15) is 4.79 Å². The van der Waals surface area contributed by atoms with Crippen molar-refractivity contribution >= 4 is 11.6 Å². The zero-order valence-electron chi connectivity index (χ0n) is 13.0. The minimum absolute atomic E-state index is 0.141. The van der Waals surface area contributed by atoms with E-state index in [2.05, 4.69) is 19.2 Å². The summed E-state index contributed by atoms with van der Waals surface area (Å²) in [5.74, 6) is 0.814. The molecule has 2 rings (SSSR count). The van der Waals surface area contributed by atoms with E-state index in [1.165, 1.54) is 0 Å². The van der Waals surface area contributed by atoms with Crippen LogP contribution in [0, 0.1) is 5.92 Å². The van der Waals surface area contributed by atoms with Crippen molar-refractivity contribution in [3.8, 4) is 5.75 Å². The molecule has 0 unspecified atom stereocenters. The van der Waals surface area contributed by atoms with Crippen molar-refractivity contribution in [2.24, 2.45) is 5.92 Å². The minimum atomic E-state index is -0.141. The van der Waals surface area contributed by atoms with Crippen LogP contribution in [-0.2, 0) is 6.54 Å². The Balaban J connectivity index is 2.01. The van der Waals surface area contributed by atoms with E-state index >= 15 is 0 Å². The number of nitrogens with two attached hydrogens (primary N) is 1. The van der Waals surface area contributed by atoms with Gasteiger partial charge in [0.1, 0.15) is 5.75 Å². The summed E-state index contributed by atoms with van der Waals surface area (Å²) in [6, 6.07) is 14.9. The van der Waals surface area contributed by atoms with Gasteiger partial charge >= 0.3 is 0 Å². The Morgan fingerprint density at radius 3 is 2.59 bits per heavy atom. The molecule has 0 saturated carbocycles. The lowest BCUT2D eigenvalue weighted by molar-refractivity contribution is 0.0950. The first-order valence-corrected chi connectivity index (χ1v) is 7.40. The lowest BCUT2D eigenvalue weighted by atomic mass is 10.1. The number of carbonyl (C=O) groups is 1. The van der Waals surface area contributed by atoms with Gasteiger partial charge in [0, 0.05) is 12.1 Å². The molecule has 0 aliphatic carbocycles. The summed E-state index contributed by atoms with van der Waals surface area (Å²) < 4.78 is 5.65. The van der Waals surface area contributed by atoms with Gasteiger partial charge in [-0.3, -0.25) is 4.79 Å². The monoisotopic (exact) mass is 298 g/mol. The zero-order valence-corrected chi connectivity index (χ0v) is 13.0. The fraction of sp³-hybridized carbons (Fsp3) is 0.278. The number of anilines is 1. The maximum absolute atomic E-state index is 12.2. The Kier molecular flexibility index (Phi) is 5.42. The van der Waals surface area contributed by atoms with Gasteiger partial charge in [-0.2, -0.15) is 0 Å². The van der Waals surface area contributed by atoms with Gasteiger partial charge in [-0.1, -0.05) is 44.2 Å². The first kappa shape index (κ1) is 15.9. The molecular weight excluding hydrogens is 276 g/mol. The Morgan fingerprint density at radius 2 is 1.91 bits per heavy atom. The highest BCUT2D eigenvalue weighted by Crippen LogP contribution is 2.23. The highest BCUT2D eigenvalue weighted by Gasteiger charge is 2.09.